The summed E-state index contributed by atoms with van der Waals surface area (Å²) in [6.45, 7) is 7.24. The van der Waals surface area contributed by atoms with Gasteiger partial charge in [-0.05, 0) is 69.7 Å². The van der Waals surface area contributed by atoms with Gasteiger partial charge in [0.2, 0.25) is 0 Å². The van der Waals surface area contributed by atoms with Gasteiger partial charge >= 0.3 is 0 Å². The number of hydrogen-bond donors (Lipinski definition) is 1. The molecule has 1 aliphatic carbocycles. The molecule has 3 rings (SSSR count). The van der Waals surface area contributed by atoms with Crippen LogP contribution in [0.2, 0.25) is 0 Å². The summed E-state index contributed by atoms with van der Waals surface area (Å²) in [6, 6.07) is 6.63. The molecule has 2 fully saturated rings. The molecule has 1 heterocycles. The van der Waals surface area contributed by atoms with E-state index in [4.69, 9.17) is 0 Å². The summed E-state index contributed by atoms with van der Waals surface area (Å²) < 4.78 is 0. The number of aryl methyl sites for hydroxylation is 2. The van der Waals surface area contributed by atoms with E-state index >= 15 is 0 Å². The Morgan fingerprint density at radius 3 is 2.33 bits per heavy atom. The van der Waals surface area contributed by atoms with Gasteiger partial charge in [-0.3, -0.25) is 4.79 Å². The molecule has 0 unspecified atom stereocenters. The van der Waals surface area contributed by atoms with E-state index in [0.717, 1.165) is 36.3 Å². The molecule has 1 saturated carbocycles. The molecule has 114 valence electrons. The summed E-state index contributed by atoms with van der Waals surface area (Å²) in [6.07, 6.45) is 4.76. The van der Waals surface area contributed by atoms with Crippen molar-refractivity contribution in [1.82, 2.24) is 10.2 Å². The highest BCUT2D eigenvalue weighted by Crippen LogP contribution is 2.31. The third kappa shape index (κ3) is 3.29. The normalized spacial score (nSPS) is 19.5. The number of hydrogen-bond acceptors (Lipinski definition) is 2. The van der Waals surface area contributed by atoms with Crippen LogP contribution in [0, 0.1) is 19.8 Å². The van der Waals surface area contributed by atoms with Crippen LogP contribution in [-0.4, -0.2) is 36.5 Å². The van der Waals surface area contributed by atoms with Crippen molar-refractivity contribution in [2.45, 2.75) is 45.6 Å². The van der Waals surface area contributed by atoms with E-state index in [9.17, 15) is 4.79 Å². The van der Waals surface area contributed by atoms with Gasteiger partial charge in [0.15, 0.2) is 0 Å². The second-order valence-corrected chi connectivity index (χ2v) is 6.65. The largest absolute Gasteiger partial charge is 0.335 e. The van der Waals surface area contributed by atoms with Crippen molar-refractivity contribution in [2.75, 3.05) is 19.6 Å². The van der Waals surface area contributed by atoms with Crippen LogP contribution in [0.4, 0.5) is 0 Å². The van der Waals surface area contributed by atoms with Crippen LogP contribution >= 0.6 is 0 Å². The molecule has 1 saturated heterocycles. The minimum Gasteiger partial charge on any atom is -0.335 e. The van der Waals surface area contributed by atoms with Crippen LogP contribution in [0.25, 0.3) is 0 Å². The molecule has 1 aromatic carbocycles. The first kappa shape index (κ1) is 14.6. The van der Waals surface area contributed by atoms with E-state index in [0.29, 0.717) is 12.0 Å². The first-order valence-corrected chi connectivity index (χ1v) is 8.24. The van der Waals surface area contributed by atoms with Gasteiger partial charge < -0.3 is 10.2 Å². The van der Waals surface area contributed by atoms with Crippen molar-refractivity contribution in [3.63, 3.8) is 0 Å². The summed E-state index contributed by atoms with van der Waals surface area (Å²) >= 11 is 0. The lowest BCUT2D eigenvalue weighted by Crippen LogP contribution is -2.41. The Morgan fingerprint density at radius 2 is 1.76 bits per heavy atom. The van der Waals surface area contributed by atoms with Gasteiger partial charge in [-0.1, -0.05) is 18.2 Å². The monoisotopic (exact) mass is 286 g/mol. The predicted molar refractivity (Wildman–Crippen MR) is 85.6 cm³/mol. The maximum Gasteiger partial charge on any atom is 0.254 e. The molecule has 1 aromatic rings. The van der Waals surface area contributed by atoms with Crippen LogP contribution in [0.3, 0.4) is 0 Å². The zero-order valence-electron chi connectivity index (χ0n) is 13.2. The molecule has 2 aliphatic rings. The van der Waals surface area contributed by atoms with Gasteiger partial charge in [0, 0.05) is 18.2 Å². The first-order chi connectivity index (χ1) is 10.2. The first-order valence-electron chi connectivity index (χ1n) is 8.24. The molecule has 0 aromatic heterocycles. The molecule has 0 spiro atoms. The summed E-state index contributed by atoms with van der Waals surface area (Å²) in [5, 5.41) is 3.41. The van der Waals surface area contributed by atoms with Gasteiger partial charge in [0.25, 0.3) is 5.91 Å². The van der Waals surface area contributed by atoms with Crippen LogP contribution < -0.4 is 5.32 Å². The van der Waals surface area contributed by atoms with Crippen molar-refractivity contribution in [2.24, 2.45) is 5.92 Å². The zero-order chi connectivity index (χ0) is 14.8. The number of piperidine rings is 1. The highest BCUT2D eigenvalue weighted by molar-refractivity contribution is 5.97. The minimum absolute atomic E-state index is 0.256. The van der Waals surface area contributed by atoms with Crippen LogP contribution in [-0.2, 0) is 0 Å². The average molecular weight is 286 g/mol. The number of rotatable bonds is 4. The molecular weight excluding hydrogens is 260 g/mol. The number of nitrogens with zero attached hydrogens (tertiary/aromatic N) is 1. The molecule has 1 aliphatic heterocycles. The number of nitrogens with one attached hydrogen (secondary N) is 1. The molecule has 21 heavy (non-hydrogen) atoms. The van der Waals surface area contributed by atoms with Crippen LogP contribution in [0.1, 0.15) is 47.2 Å². The average Bonchev–Trinajstić information content (AvgIpc) is 3.30. The molecule has 0 atom stereocenters. The fourth-order valence-electron chi connectivity index (χ4n) is 3.42. The van der Waals surface area contributed by atoms with Gasteiger partial charge in [0.05, 0.1) is 0 Å². The van der Waals surface area contributed by atoms with Gasteiger partial charge in [-0.2, -0.15) is 0 Å². The number of carbonyl (C=O) groups excluding carboxylic acids is 1. The van der Waals surface area contributed by atoms with Crippen LogP contribution in [0.5, 0.6) is 0 Å². The van der Waals surface area contributed by atoms with Crippen molar-refractivity contribution in [3.05, 3.63) is 34.9 Å². The molecule has 3 heteroatoms. The topological polar surface area (TPSA) is 32.3 Å². The Kier molecular flexibility index (Phi) is 4.29. The molecule has 1 N–H and O–H groups in total. The predicted octanol–water partition coefficient (Wildman–Crippen LogP) is 2.91. The van der Waals surface area contributed by atoms with E-state index in [1.54, 1.807) is 0 Å². The summed E-state index contributed by atoms with van der Waals surface area (Å²) in [4.78, 5) is 15.2. The Bertz CT molecular complexity index is 496. The van der Waals surface area contributed by atoms with Crippen molar-refractivity contribution < 1.29 is 4.79 Å². The smallest absolute Gasteiger partial charge is 0.254 e. The van der Waals surface area contributed by atoms with Gasteiger partial charge in [-0.15, -0.1) is 0 Å². The van der Waals surface area contributed by atoms with Crippen molar-refractivity contribution in [3.8, 4) is 0 Å². The maximum absolute atomic E-state index is 13.1. The van der Waals surface area contributed by atoms with E-state index in [-0.39, 0.29) is 5.91 Å². The van der Waals surface area contributed by atoms with E-state index in [1.165, 1.54) is 25.7 Å². The van der Waals surface area contributed by atoms with Gasteiger partial charge in [-0.25, -0.2) is 0 Å². The second kappa shape index (κ2) is 6.18. The molecule has 3 nitrogen and oxygen atoms in total. The van der Waals surface area contributed by atoms with Gasteiger partial charge in [0.1, 0.15) is 0 Å². The standard InChI is InChI=1S/C18H26N2O/c1-13-4-3-5-14(2)17(13)18(21)20(16-6-7-16)12-15-8-10-19-11-9-15/h3-5,15-16,19H,6-12H2,1-2H3. The third-order valence-electron chi connectivity index (χ3n) is 4.86. The number of amides is 1. The summed E-state index contributed by atoms with van der Waals surface area (Å²) in [5.41, 5.74) is 3.14. The Morgan fingerprint density at radius 1 is 1.14 bits per heavy atom. The Labute approximate surface area is 127 Å². The SMILES string of the molecule is Cc1cccc(C)c1C(=O)N(CC1CCNCC1)C1CC1. The fourth-order valence-corrected chi connectivity index (χ4v) is 3.42. The second-order valence-electron chi connectivity index (χ2n) is 6.65. The highest BCUT2D eigenvalue weighted by atomic mass is 16.2. The Balaban J connectivity index is 1.78. The fraction of sp³-hybridized carbons (Fsp3) is 0.611. The lowest BCUT2D eigenvalue weighted by atomic mass is 9.96. The minimum atomic E-state index is 0.256. The third-order valence-corrected chi connectivity index (χ3v) is 4.86. The summed E-state index contributed by atoms with van der Waals surface area (Å²) in [7, 11) is 0. The Hall–Kier alpha value is -1.35. The number of benzene rings is 1. The van der Waals surface area contributed by atoms with E-state index < -0.39 is 0 Å². The van der Waals surface area contributed by atoms with E-state index in [1.807, 2.05) is 6.07 Å². The van der Waals surface area contributed by atoms with Crippen molar-refractivity contribution in [1.29, 1.82) is 0 Å². The summed E-state index contributed by atoms with van der Waals surface area (Å²) in [5.74, 6) is 0.923. The maximum atomic E-state index is 13.1. The number of carbonyl (C=O) groups is 1. The lowest BCUT2D eigenvalue weighted by molar-refractivity contribution is 0.0700. The van der Waals surface area contributed by atoms with Crippen molar-refractivity contribution >= 4 is 5.91 Å². The lowest BCUT2D eigenvalue weighted by Gasteiger charge is -2.31. The highest BCUT2D eigenvalue weighted by Gasteiger charge is 2.35. The van der Waals surface area contributed by atoms with Crippen LogP contribution in [0.15, 0.2) is 18.2 Å². The molecule has 0 bridgehead atoms. The molecule has 1 amide bonds. The quantitative estimate of drug-likeness (QED) is 0.923. The molecular formula is C18H26N2O. The molecule has 0 radical (unpaired) electrons. The van der Waals surface area contributed by atoms with E-state index in [2.05, 4.69) is 36.2 Å². The zero-order valence-corrected chi connectivity index (χ0v) is 13.2.